The van der Waals surface area contributed by atoms with Crippen LogP contribution in [0.25, 0.3) is 0 Å². The Morgan fingerprint density at radius 3 is 2.53 bits per heavy atom. The van der Waals surface area contributed by atoms with Crippen molar-refractivity contribution in [3.63, 3.8) is 0 Å². The van der Waals surface area contributed by atoms with Gasteiger partial charge >= 0.3 is 0 Å². The minimum atomic E-state index is -0.957. The van der Waals surface area contributed by atoms with Gasteiger partial charge in [-0.15, -0.1) is 0 Å². The Bertz CT molecular complexity index is 993. The molecule has 32 heavy (non-hydrogen) atoms. The normalized spacial score (nSPS) is 20.3. The number of hydrogen-bond donors (Lipinski definition) is 2. The molecule has 4 rings (SSSR count). The van der Waals surface area contributed by atoms with Crippen molar-refractivity contribution in [1.29, 1.82) is 0 Å². The lowest BCUT2D eigenvalue weighted by atomic mass is 9.66. The number of nitrogens with one attached hydrogen (secondary N) is 1. The molecule has 3 heterocycles. The van der Waals surface area contributed by atoms with E-state index < -0.39 is 23.0 Å². The van der Waals surface area contributed by atoms with Crippen LogP contribution in [-0.4, -0.2) is 58.9 Å². The molecular formula is C23H26FN3O5. The quantitative estimate of drug-likeness (QED) is 0.745. The summed E-state index contributed by atoms with van der Waals surface area (Å²) in [6.45, 7) is 3.17. The maximum atomic E-state index is 13.3. The minimum Gasteiger partial charge on any atom is -0.503 e. The Morgan fingerprint density at radius 1 is 1.19 bits per heavy atom. The van der Waals surface area contributed by atoms with Gasteiger partial charge in [-0.05, 0) is 37.0 Å². The molecule has 9 heteroatoms. The van der Waals surface area contributed by atoms with Crippen LogP contribution in [0.4, 0.5) is 4.39 Å². The second-order valence-electron chi connectivity index (χ2n) is 8.31. The molecule has 0 unspecified atom stereocenters. The number of fused-ring (bicyclic) bond motifs is 2. The van der Waals surface area contributed by atoms with Gasteiger partial charge in [0.05, 0.1) is 23.3 Å². The number of carbonyl (C=O) groups excluding carboxylic acids is 3. The molecule has 0 atom stereocenters. The highest BCUT2D eigenvalue weighted by Crippen LogP contribution is 2.51. The van der Waals surface area contributed by atoms with Crippen molar-refractivity contribution >= 4 is 17.7 Å². The molecule has 0 aromatic heterocycles. The maximum absolute atomic E-state index is 13.3. The molecule has 0 bridgehead atoms. The van der Waals surface area contributed by atoms with Crippen molar-refractivity contribution in [1.82, 2.24) is 15.1 Å². The molecule has 0 saturated carbocycles. The number of benzene rings is 1. The molecule has 3 aliphatic heterocycles. The third kappa shape index (κ3) is 3.83. The standard InChI is InChI=1S/C23H26FN3O5/c1-15(28)26-10-7-23(8-11-26)18-14-32-12-2-9-27(18)22(31)20(29)19(23)21(30)25-13-16-3-5-17(24)6-4-16/h3-6,14,29H,2,7-13H2,1H3,(H,25,30). The Kier molecular flexibility index (Phi) is 5.90. The fourth-order valence-corrected chi connectivity index (χ4v) is 4.71. The number of nitrogens with zero attached hydrogens (tertiary/aromatic N) is 2. The molecule has 1 aromatic carbocycles. The van der Waals surface area contributed by atoms with Gasteiger partial charge in [-0.2, -0.15) is 0 Å². The van der Waals surface area contributed by atoms with Gasteiger partial charge in [-0.25, -0.2) is 4.39 Å². The molecule has 3 aliphatic rings. The van der Waals surface area contributed by atoms with E-state index in [-0.39, 0.29) is 23.8 Å². The van der Waals surface area contributed by atoms with Crippen LogP contribution in [0.1, 0.15) is 31.7 Å². The van der Waals surface area contributed by atoms with E-state index in [9.17, 15) is 23.9 Å². The molecule has 2 N–H and O–H groups in total. The third-order valence-corrected chi connectivity index (χ3v) is 6.44. The molecule has 170 valence electrons. The SMILES string of the molecule is CC(=O)N1CCC2(CC1)C1=COCCCN1C(=O)C(O)=C2C(=O)NCc1ccc(F)cc1. The summed E-state index contributed by atoms with van der Waals surface area (Å²) >= 11 is 0. The van der Waals surface area contributed by atoms with Crippen molar-refractivity contribution in [2.75, 3.05) is 26.2 Å². The first-order valence-corrected chi connectivity index (χ1v) is 10.7. The highest BCUT2D eigenvalue weighted by atomic mass is 19.1. The van der Waals surface area contributed by atoms with Crippen LogP contribution < -0.4 is 5.32 Å². The van der Waals surface area contributed by atoms with Gasteiger partial charge in [0.1, 0.15) is 12.1 Å². The zero-order chi connectivity index (χ0) is 22.9. The van der Waals surface area contributed by atoms with Gasteiger partial charge in [-0.3, -0.25) is 14.4 Å². The van der Waals surface area contributed by atoms with Gasteiger partial charge in [-0.1, -0.05) is 12.1 Å². The summed E-state index contributed by atoms with van der Waals surface area (Å²) < 4.78 is 18.8. The fourth-order valence-electron chi connectivity index (χ4n) is 4.71. The number of likely N-dealkylation sites (tertiary alicyclic amines) is 1. The third-order valence-electron chi connectivity index (χ3n) is 6.44. The van der Waals surface area contributed by atoms with Crippen LogP contribution in [0.5, 0.6) is 0 Å². The minimum absolute atomic E-state index is 0.000753. The number of hydrogen-bond acceptors (Lipinski definition) is 5. The Balaban J connectivity index is 1.69. The summed E-state index contributed by atoms with van der Waals surface area (Å²) in [6.07, 6.45) is 2.86. The molecule has 0 radical (unpaired) electrons. The second-order valence-corrected chi connectivity index (χ2v) is 8.31. The van der Waals surface area contributed by atoms with E-state index in [0.717, 1.165) is 0 Å². The molecular weight excluding hydrogens is 417 g/mol. The number of rotatable bonds is 3. The summed E-state index contributed by atoms with van der Waals surface area (Å²) in [7, 11) is 0. The molecule has 1 spiro atoms. The van der Waals surface area contributed by atoms with Crippen LogP contribution in [-0.2, 0) is 25.7 Å². The first-order valence-electron chi connectivity index (χ1n) is 10.7. The summed E-state index contributed by atoms with van der Waals surface area (Å²) in [5.41, 5.74) is 0.274. The van der Waals surface area contributed by atoms with E-state index in [2.05, 4.69) is 5.32 Å². The van der Waals surface area contributed by atoms with Gasteiger partial charge in [0, 0.05) is 33.1 Å². The maximum Gasteiger partial charge on any atom is 0.293 e. The van der Waals surface area contributed by atoms with Crippen LogP contribution in [0.3, 0.4) is 0 Å². The summed E-state index contributed by atoms with van der Waals surface area (Å²) in [5, 5.41) is 13.7. The fraction of sp³-hybridized carbons (Fsp3) is 0.435. The van der Waals surface area contributed by atoms with Crippen molar-refractivity contribution < 1.29 is 28.6 Å². The van der Waals surface area contributed by atoms with Crippen molar-refractivity contribution in [2.24, 2.45) is 5.41 Å². The first-order chi connectivity index (χ1) is 15.3. The predicted octanol–water partition coefficient (Wildman–Crippen LogP) is 1.99. The van der Waals surface area contributed by atoms with E-state index in [1.165, 1.54) is 30.2 Å². The predicted molar refractivity (Wildman–Crippen MR) is 112 cm³/mol. The molecule has 1 saturated heterocycles. The van der Waals surface area contributed by atoms with Crippen molar-refractivity contribution in [3.8, 4) is 0 Å². The lowest BCUT2D eigenvalue weighted by Crippen LogP contribution is -2.54. The molecule has 8 nitrogen and oxygen atoms in total. The largest absolute Gasteiger partial charge is 0.503 e. The van der Waals surface area contributed by atoms with Gasteiger partial charge < -0.3 is 25.0 Å². The topological polar surface area (TPSA) is 99.2 Å². The average molecular weight is 443 g/mol. The number of carbonyl (C=O) groups is 3. The van der Waals surface area contributed by atoms with Gasteiger partial charge in [0.25, 0.3) is 11.8 Å². The van der Waals surface area contributed by atoms with Gasteiger partial charge in [0.2, 0.25) is 5.91 Å². The zero-order valence-electron chi connectivity index (χ0n) is 17.9. The van der Waals surface area contributed by atoms with E-state index in [1.54, 1.807) is 17.0 Å². The van der Waals surface area contributed by atoms with Crippen LogP contribution in [0.2, 0.25) is 0 Å². The Hall–Kier alpha value is -3.36. The summed E-state index contributed by atoms with van der Waals surface area (Å²) in [4.78, 5) is 41.4. The van der Waals surface area contributed by atoms with E-state index in [0.29, 0.717) is 56.8 Å². The highest BCUT2D eigenvalue weighted by molar-refractivity contribution is 6.07. The van der Waals surface area contributed by atoms with E-state index in [4.69, 9.17) is 4.74 Å². The summed E-state index contributed by atoms with van der Waals surface area (Å²) in [5.74, 6) is -2.22. The van der Waals surface area contributed by atoms with Crippen LogP contribution >= 0.6 is 0 Å². The lowest BCUT2D eigenvalue weighted by Gasteiger charge is -2.48. The average Bonchev–Trinajstić information content (AvgIpc) is 3.05. The number of ether oxygens (including phenoxy) is 1. The number of piperidine rings is 1. The molecule has 1 aromatic rings. The lowest BCUT2D eigenvalue weighted by molar-refractivity contribution is -0.135. The zero-order valence-corrected chi connectivity index (χ0v) is 17.9. The number of aliphatic hydroxyl groups is 1. The number of allylic oxidation sites excluding steroid dienone is 1. The molecule has 3 amide bonds. The number of halogens is 1. The monoisotopic (exact) mass is 443 g/mol. The molecule has 1 fully saturated rings. The summed E-state index contributed by atoms with van der Waals surface area (Å²) in [6, 6.07) is 5.71. The highest BCUT2D eigenvalue weighted by Gasteiger charge is 2.53. The Morgan fingerprint density at radius 2 is 1.88 bits per heavy atom. The number of amides is 3. The van der Waals surface area contributed by atoms with E-state index in [1.807, 2.05) is 0 Å². The van der Waals surface area contributed by atoms with Crippen LogP contribution in [0, 0.1) is 11.2 Å². The van der Waals surface area contributed by atoms with Gasteiger partial charge in [0.15, 0.2) is 5.76 Å². The van der Waals surface area contributed by atoms with Crippen LogP contribution in [0.15, 0.2) is 47.6 Å². The Labute approximate surface area is 185 Å². The smallest absolute Gasteiger partial charge is 0.293 e. The number of aliphatic hydroxyl groups excluding tert-OH is 1. The van der Waals surface area contributed by atoms with E-state index >= 15 is 0 Å². The second kappa shape index (κ2) is 8.64. The van der Waals surface area contributed by atoms with Crippen molar-refractivity contribution in [2.45, 2.75) is 32.7 Å². The first kappa shape index (κ1) is 21.9. The molecule has 0 aliphatic carbocycles. The van der Waals surface area contributed by atoms with Crippen molar-refractivity contribution in [3.05, 3.63) is 58.9 Å².